The minimum atomic E-state index is -4.87. The van der Waals surface area contributed by atoms with Crippen molar-refractivity contribution in [2.45, 2.75) is 45.5 Å². The normalized spacial score (nSPS) is 14.2. The summed E-state index contributed by atoms with van der Waals surface area (Å²) < 4.78 is 40.0. The van der Waals surface area contributed by atoms with Crippen molar-refractivity contribution in [2.75, 3.05) is 7.05 Å². The number of aromatic nitrogens is 2. The Morgan fingerprint density at radius 3 is 2.35 bits per heavy atom. The van der Waals surface area contributed by atoms with Crippen molar-refractivity contribution < 1.29 is 23.1 Å². The molecule has 2 aromatic rings. The lowest BCUT2D eigenvalue weighted by atomic mass is 10.0. The Balaban J connectivity index is 2.18. The van der Waals surface area contributed by atoms with E-state index in [4.69, 9.17) is 0 Å². The molecule has 0 saturated carbocycles. The maximum Gasteiger partial charge on any atom is 0.417 e. The van der Waals surface area contributed by atoms with Gasteiger partial charge in [-0.25, -0.2) is 4.68 Å². The quantitative estimate of drug-likeness (QED) is 0.881. The number of hydrogen-bond acceptors (Lipinski definition) is 3. The standard InChI is InChI=1S/C18H22F3N3O2/c1-12-15(13(2)24(22-12)14-8-6-5-7-9-14)11-23(4)16(25)10-17(3,26)18(19,20)21/h5-9,26H,10-11H2,1-4H3/t17-/m1/s1. The van der Waals surface area contributed by atoms with Crippen LogP contribution in [0.25, 0.3) is 5.69 Å². The third kappa shape index (κ3) is 4.07. The number of benzene rings is 1. The second-order valence-electron chi connectivity index (χ2n) is 6.59. The summed E-state index contributed by atoms with van der Waals surface area (Å²) in [6.07, 6.45) is -5.90. The zero-order chi connectivity index (χ0) is 19.7. The van der Waals surface area contributed by atoms with Crippen LogP contribution in [-0.4, -0.2) is 44.5 Å². The van der Waals surface area contributed by atoms with Crippen molar-refractivity contribution >= 4 is 5.91 Å². The number of rotatable bonds is 5. The van der Waals surface area contributed by atoms with Crippen molar-refractivity contribution in [3.05, 3.63) is 47.3 Å². The number of amides is 1. The first kappa shape index (κ1) is 20.0. The van der Waals surface area contributed by atoms with Crippen LogP contribution in [-0.2, 0) is 11.3 Å². The Bertz CT molecular complexity index is 783. The molecular weight excluding hydrogens is 347 g/mol. The Morgan fingerprint density at radius 1 is 1.23 bits per heavy atom. The fourth-order valence-corrected chi connectivity index (χ4v) is 2.58. The Hall–Kier alpha value is -2.35. The predicted molar refractivity (Wildman–Crippen MR) is 90.8 cm³/mol. The Morgan fingerprint density at radius 2 is 1.81 bits per heavy atom. The molecule has 8 heteroatoms. The van der Waals surface area contributed by atoms with Gasteiger partial charge in [-0.05, 0) is 32.9 Å². The molecule has 1 amide bonds. The van der Waals surface area contributed by atoms with Gasteiger partial charge in [-0.2, -0.15) is 18.3 Å². The summed E-state index contributed by atoms with van der Waals surface area (Å²) in [4.78, 5) is 13.3. The molecule has 1 aromatic heterocycles. The molecule has 0 radical (unpaired) electrons. The van der Waals surface area contributed by atoms with Gasteiger partial charge in [0.1, 0.15) is 0 Å². The second-order valence-corrected chi connectivity index (χ2v) is 6.59. The molecular formula is C18H22F3N3O2. The summed E-state index contributed by atoms with van der Waals surface area (Å²) in [5, 5.41) is 14.0. The number of carbonyl (C=O) groups excluding carboxylic acids is 1. The number of aryl methyl sites for hydroxylation is 1. The maximum atomic E-state index is 12.8. The van der Waals surface area contributed by atoms with E-state index >= 15 is 0 Å². The highest BCUT2D eigenvalue weighted by atomic mass is 19.4. The molecule has 0 spiro atoms. The van der Waals surface area contributed by atoms with Crippen molar-refractivity contribution in [3.63, 3.8) is 0 Å². The molecule has 0 bridgehead atoms. The van der Waals surface area contributed by atoms with Crippen LogP contribution in [0.15, 0.2) is 30.3 Å². The van der Waals surface area contributed by atoms with E-state index in [9.17, 15) is 23.1 Å². The zero-order valence-electron chi connectivity index (χ0n) is 15.1. The Kier molecular flexibility index (Phi) is 5.46. The summed E-state index contributed by atoms with van der Waals surface area (Å²) in [5.74, 6) is -0.793. The predicted octanol–water partition coefficient (Wildman–Crippen LogP) is 3.15. The topological polar surface area (TPSA) is 58.4 Å². The summed E-state index contributed by atoms with van der Waals surface area (Å²) >= 11 is 0. The van der Waals surface area contributed by atoms with Gasteiger partial charge < -0.3 is 10.0 Å². The van der Waals surface area contributed by atoms with Crippen molar-refractivity contribution in [2.24, 2.45) is 0 Å². The minimum Gasteiger partial charge on any atom is -0.380 e. The van der Waals surface area contributed by atoms with Crippen LogP contribution in [0.2, 0.25) is 0 Å². The van der Waals surface area contributed by atoms with Crippen LogP contribution in [0.1, 0.15) is 30.3 Å². The number of halogens is 3. The van der Waals surface area contributed by atoms with E-state index in [0.717, 1.165) is 16.9 Å². The van der Waals surface area contributed by atoms with Crippen LogP contribution in [0.4, 0.5) is 13.2 Å². The van der Waals surface area contributed by atoms with E-state index < -0.39 is 24.1 Å². The molecule has 1 heterocycles. The number of nitrogens with zero attached hydrogens (tertiary/aromatic N) is 3. The van der Waals surface area contributed by atoms with Gasteiger partial charge in [0.15, 0.2) is 5.60 Å². The lowest BCUT2D eigenvalue weighted by molar-refractivity contribution is -0.254. The fraction of sp³-hybridized carbons (Fsp3) is 0.444. The number of carbonyl (C=O) groups is 1. The molecule has 0 unspecified atom stereocenters. The lowest BCUT2D eigenvalue weighted by Gasteiger charge is -2.28. The Labute approximate surface area is 150 Å². The minimum absolute atomic E-state index is 0.108. The highest BCUT2D eigenvalue weighted by Gasteiger charge is 2.51. The second kappa shape index (κ2) is 7.11. The number of aliphatic hydroxyl groups is 1. The molecule has 1 atom stereocenters. The van der Waals surface area contributed by atoms with Crippen molar-refractivity contribution in [3.8, 4) is 5.69 Å². The lowest BCUT2D eigenvalue weighted by Crippen LogP contribution is -2.46. The van der Waals surface area contributed by atoms with Crippen LogP contribution < -0.4 is 0 Å². The molecule has 0 saturated heterocycles. The van der Waals surface area contributed by atoms with Crippen LogP contribution in [0.5, 0.6) is 0 Å². The van der Waals surface area contributed by atoms with E-state index in [1.807, 2.05) is 37.3 Å². The van der Waals surface area contributed by atoms with E-state index in [1.54, 1.807) is 11.6 Å². The van der Waals surface area contributed by atoms with Gasteiger partial charge in [-0.15, -0.1) is 0 Å². The summed E-state index contributed by atoms with van der Waals surface area (Å²) in [6, 6.07) is 9.41. The number of hydrogen-bond donors (Lipinski definition) is 1. The van der Waals surface area contributed by atoms with E-state index in [0.29, 0.717) is 12.6 Å². The largest absolute Gasteiger partial charge is 0.417 e. The highest BCUT2D eigenvalue weighted by molar-refractivity contribution is 5.77. The molecule has 26 heavy (non-hydrogen) atoms. The molecule has 5 nitrogen and oxygen atoms in total. The zero-order valence-corrected chi connectivity index (χ0v) is 15.1. The van der Waals surface area contributed by atoms with Gasteiger partial charge in [0, 0.05) is 24.8 Å². The SMILES string of the molecule is Cc1nn(-c2ccccc2)c(C)c1CN(C)C(=O)C[C@@](C)(O)C(F)(F)F. The molecule has 0 aliphatic heterocycles. The molecule has 142 valence electrons. The maximum absolute atomic E-state index is 12.8. The van der Waals surface area contributed by atoms with Gasteiger partial charge in [0.25, 0.3) is 0 Å². The first-order chi connectivity index (χ1) is 11.9. The average molecular weight is 369 g/mol. The van der Waals surface area contributed by atoms with Crippen LogP contribution in [0, 0.1) is 13.8 Å². The summed E-state index contributed by atoms with van der Waals surface area (Å²) in [6.45, 7) is 4.33. The third-order valence-corrected chi connectivity index (χ3v) is 4.37. The van der Waals surface area contributed by atoms with Crippen molar-refractivity contribution in [1.82, 2.24) is 14.7 Å². The van der Waals surface area contributed by atoms with Gasteiger partial charge >= 0.3 is 6.18 Å². The van der Waals surface area contributed by atoms with E-state index in [1.165, 1.54) is 11.9 Å². The number of para-hydroxylation sites is 1. The van der Waals surface area contributed by atoms with Gasteiger partial charge in [-0.1, -0.05) is 18.2 Å². The molecule has 0 aliphatic rings. The third-order valence-electron chi connectivity index (χ3n) is 4.37. The van der Waals surface area contributed by atoms with Crippen LogP contribution >= 0.6 is 0 Å². The molecule has 0 fully saturated rings. The van der Waals surface area contributed by atoms with E-state index in [2.05, 4.69) is 5.10 Å². The summed E-state index contributed by atoms with van der Waals surface area (Å²) in [7, 11) is 1.41. The average Bonchev–Trinajstić information content (AvgIpc) is 2.82. The first-order valence-electron chi connectivity index (χ1n) is 8.07. The first-order valence-corrected chi connectivity index (χ1v) is 8.07. The van der Waals surface area contributed by atoms with Gasteiger partial charge in [-0.3, -0.25) is 4.79 Å². The summed E-state index contributed by atoms with van der Waals surface area (Å²) in [5.41, 5.74) is 0.0469. The fourth-order valence-electron chi connectivity index (χ4n) is 2.58. The molecule has 1 aromatic carbocycles. The molecule has 0 aliphatic carbocycles. The van der Waals surface area contributed by atoms with Gasteiger partial charge in [0.05, 0.1) is 17.8 Å². The molecule has 1 N–H and O–H groups in total. The smallest absolute Gasteiger partial charge is 0.380 e. The number of alkyl halides is 3. The van der Waals surface area contributed by atoms with Crippen LogP contribution in [0.3, 0.4) is 0 Å². The highest BCUT2D eigenvalue weighted by Crippen LogP contribution is 2.33. The molecule has 2 rings (SSSR count). The van der Waals surface area contributed by atoms with Gasteiger partial charge in [0.2, 0.25) is 5.91 Å². The monoisotopic (exact) mass is 369 g/mol. The van der Waals surface area contributed by atoms with Crippen molar-refractivity contribution in [1.29, 1.82) is 0 Å². The van der Waals surface area contributed by atoms with E-state index in [-0.39, 0.29) is 6.54 Å².